The molecule has 4 heterocycles. The molecule has 0 aromatic heterocycles. The number of nitrogens with two attached hydrogens (primary N) is 1. The van der Waals surface area contributed by atoms with E-state index in [1.807, 2.05) is 46.2 Å². The van der Waals surface area contributed by atoms with Crippen molar-refractivity contribution in [2.24, 2.45) is 0 Å². The molecule has 6 rings (SSSR count). The van der Waals surface area contributed by atoms with Gasteiger partial charge in [0, 0.05) is 93.3 Å². The van der Waals surface area contributed by atoms with E-state index in [1.165, 1.54) is 0 Å². The number of nitrogens with zero attached hydrogens (tertiary/aromatic N) is 4. The van der Waals surface area contributed by atoms with Crippen LogP contribution in [0.5, 0.6) is 0 Å². The highest BCUT2D eigenvalue weighted by molar-refractivity contribution is 9.10. The summed E-state index contributed by atoms with van der Waals surface area (Å²) in [5, 5.41) is 6.46. The number of ether oxygens (including phenoxy) is 1. The summed E-state index contributed by atoms with van der Waals surface area (Å²) in [6, 6.07) is 13.9. The summed E-state index contributed by atoms with van der Waals surface area (Å²) in [5.41, 5.74) is 9.47. The summed E-state index contributed by atoms with van der Waals surface area (Å²) >= 11 is 3.49. The molecule has 2 aromatic carbocycles. The van der Waals surface area contributed by atoms with E-state index in [4.69, 9.17) is 10.5 Å². The zero-order valence-corrected chi connectivity index (χ0v) is 27.3. The fraction of sp³-hybridized carbons (Fsp3) is 0.559. The lowest BCUT2D eigenvalue weighted by Crippen LogP contribution is -2.54. The number of piperazine rings is 1. The van der Waals surface area contributed by atoms with Crippen LogP contribution in [0.15, 0.2) is 46.9 Å². The maximum Gasteiger partial charge on any atom is 0.410 e. The quantitative estimate of drug-likeness (QED) is 0.388. The molecule has 4 amide bonds. The molecule has 0 aliphatic carbocycles. The highest BCUT2D eigenvalue weighted by atomic mass is 79.9. The number of hydrogen-bond acceptors (Lipinski definition) is 7. The van der Waals surface area contributed by atoms with E-state index in [0.717, 1.165) is 66.7 Å². The number of piperidine rings is 2. The number of likely N-dealkylation sites (tertiary alicyclic amines) is 2. The topological polar surface area (TPSA) is 123 Å². The van der Waals surface area contributed by atoms with Crippen LogP contribution >= 0.6 is 15.9 Å². The summed E-state index contributed by atoms with van der Waals surface area (Å²) in [4.78, 5) is 48.4. The van der Waals surface area contributed by atoms with Gasteiger partial charge >= 0.3 is 12.1 Å². The minimum absolute atomic E-state index is 0. The molecule has 0 saturated carbocycles. The number of benzene rings is 2. The van der Waals surface area contributed by atoms with Crippen molar-refractivity contribution in [2.45, 2.75) is 64.1 Å². The van der Waals surface area contributed by atoms with Gasteiger partial charge in [0.05, 0.1) is 0 Å². The molecule has 0 spiro atoms. The Morgan fingerprint density at radius 3 is 2.30 bits per heavy atom. The molecule has 3 fully saturated rings. The molecule has 3 saturated heterocycles. The normalized spacial score (nSPS) is 20.6. The number of halogens is 1. The van der Waals surface area contributed by atoms with Gasteiger partial charge in [-0.05, 0) is 77.4 Å². The standard InChI is InChI=1S/C33H44BrN7O4.CH4/c34-27-21-23(5-6-28(27)35)22-30(31(42)39-14-8-25(9-15-39)38-19-12-36-13-20-38)45-33(44)40-16-10-26(11-17-40)41-18-7-24-3-1-2-4-29(24)37-32(41)43;/h1-6,21,25-26,30,36H,7-20,22,35H2,(H,37,43);1H4/t30-;/m1./s1. The third-order valence-electron chi connectivity index (χ3n) is 9.75. The Labute approximate surface area is 280 Å². The summed E-state index contributed by atoms with van der Waals surface area (Å²) < 4.78 is 6.77. The molecule has 2 aromatic rings. The van der Waals surface area contributed by atoms with Crippen molar-refractivity contribution in [3.8, 4) is 0 Å². The van der Waals surface area contributed by atoms with Gasteiger partial charge in [0.1, 0.15) is 0 Å². The van der Waals surface area contributed by atoms with E-state index >= 15 is 0 Å². The molecule has 4 aliphatic rings. The Balaban J connectivity index is 0.00000417. The lowest BCUT2D eigenvalue weighted by molar-refractivity contribution is -0.142. The van der Waals surface area contributed by atoms with Crippen molar-refractivity contribution in [3.63, 3.8) is 0 Å². The fourth-order valence-electron chi connectivity index (χ4n) is 7.09. The van der Waals surface area contributed by atoms with Crippen LogP contribution in [-0.4, -0.2) is 115 Å². The number of anilines is 2. The maximum atomic E-state index is 13.9. The number of para-hydroxylation sites is 1. The van der Waals surface area contributed by atoms with E-state index in [-0.39, 0.29) is 31.8 Å². The SMILES string of the molecule is C.Nc1ccc(C[C@@H](OC(=O)N2CCC(N3CCc4ccccc4NC3=O)CC2)C(=O)N2CCC(N3CCNCC3)CC2)cc1Br. The Hall–Kier alpha value is -3.35. The molecular weight excluding hydrogens is 650 g/mol. The number of amides is 4. The largest absolute Gasteiger partial charge is 0.436 e. The Morgan fingerprint density at radius 1 is 0.913 bits per heavy atom. The number of carbonyl (C=O) groups excluding carboxylic acids is 3. The van der Waals surface area contributed by atoms with Crippen LogP contribution in [0.1, 0.15) is 44.2 Å². The van der Waals surface area contributed by atoms with Crippen LogP contribution in [-0.2, 0) is 22.4 Å². The smallest absolute Gasteiger partial charge is 0.410 e. The third kappa shape index (κ3) is 7.95. The van der Waals surface area contributed by atoms with Crippen LogP contribution in [0.3, 0.4) is 0 Å². The van der Waals surface area contributed by atoms with E-state index in [9.17, 15) is 14.4 Å². The first-order valence-corrected chi connectivity index (χ1v) is 17.0. The first kappa shape index (κ1) is 34.0. The lowest BCUT2D eigenvalue weighted by atomic mass is 10.0. The van der Waals surface area contributed by atoms with Crippen LogP contribution in [0.4, 0.5) is 21.0 Å². The number of carbonyl (C=O) groups is 3. The predicted octanol–water partition coefficient (Wildman–Crippen LogP) is 4.17. The van der Waals surface area contributed by atoms with Crippen molar-refractivity contribution in [1.82, 2.24) is 24.9 Å². The van der Waals surface area contributed by atoms with Crippen LogP contribution in [0.25, 0.3) is 0 Å². The Morgan fingerprint density at radius 2 is 1.59 bits per heavy atom. The average molecular weight is 699 g/mol. The zero-order valence-electron chi connectivity index (χ0n) is 25.8. The number of hydrogen-bond donors (Lipinski definition) is 3. The number of rotatable bonds is 6. The highest BCUT2D eigenvalue weighted by Gasteiger charge is 2.36. The van der Waals surface area contributed by atoms with Crippen LogP contribution < -0.4 is 16.4 Å². The lowest BCUT2D eigenvalue weighted by Gasteiger charge is -2.41. The number of fused-ring (bicyclic) bond motifs is 1. The van der Waals surface area contributed by atoms with Gasteiger partial charge < -0.3 is 35.8 Å². The highest BCUT2D eigenvalue weighted by Crippen LogP contribution is 2.27. The van der Waals surface area contributed by atoms with E-state index < -0.39 is 12.2 Å². The predicted molar refractivity (Wildman–Crippen MR) is 184 cm³/mol. The zero-order chi connectivity index (χ0) is 31.3. The summed E-state index contributed by atoms with van der Waals surface area (Å²) in [6.07, 6.45) is 2.79. The van der Waals surface area contributed by atoms with Gasteiger partial charge in [-0.2, -0.15) is 0 Å². The van der Waals surface area contributed by atoms with Gasteiger partial charge in [-0.15, -0.1) is 0 Å². The Kier molecular flexibility index (Phi) is 11.5. The number of urea groups is 1. The second kappa shape index (κ2) is 15.5. The minimum Gasteiger partial charge on any atom is -0.436 e. The van der Waals surface area contributed by atoms with Gasteiger partial charge in [-0.1, -0.05) is 31.7 Å². The second-order valence-corrected chi connectivity index (χ2v) is 13.4. The van der Waals surface area contributed by atoms with Gasteiger partial charge in [-0.25, -0.2) is 9.59 Å². The first-order valence-electron chi connectivity index (χ1n) is 16.2. The minimum atomic E-state index is -0.934. The number of nitrogen functional groups attached to an aromatic ring is 1. The van der Waals surface area contributed by atoms with E-state index in [1.54, 1.807) is 11.0 Å². The van der Waals surface area contributed by atoms with Gasteiger partial charge in [0.25, 0.3) is 5.91 Å². The summed E-state index contributed by atoms with van der Waals surface area (Å²) in [6.45, 7) is 6.96. The average Bonchev–Trinajstić information content (AvgIpc) is 3.24. The second-order valence-electron chi connectivity index (χ2n) is 12.5. The molecule has 4 aliphatic heterocycles. The molecule has 250 valence electrons. The molecule has 4 N–H and O–H groups in total. The molecule has 0 unspecified atom stereocenters. The van der Waals surface area contributed by atoms with Crippen molar-refractivity contribution in [2.75, 3.05) is 70.0 Å². The fourth-order valence-corrected chi connectivity index (χ4v) is 7.51. The maximum absolute atomic E-state index is 13.9. The van der Waals surface area contributed by atoms with Crippen LogP contribution in [0.2, 0.25) is 0 Å². The van der Waals surface area contributed by atoms with Crippen molar-refractivity contribution in [1.29, 1.82) is 0 Å². The molecular formula is C34H48BrN7O4. The Bertz CT molecular complexity index is 1370. The molecule has 12 heteroatoms. The van der Waals surface area contributed by atoms with E-state index in [2.05, 4.69) is 31.5 Å². The summed E-state index contributed by atoms with van der Waals surface area (Å²) in [5.74, 6) is -0.147. The third-order valence-corrected chi connectivity index (χ3v) is 10.4. The van der Waals surface area contributed by atoms with Gasteiger partial charge in [0.2, 0.25) is 0 Å². The van der Waals surface area contributed by atoms with Gasteiger partial charge in [0.15, 0.2) is 6.10 Å². The molecule has 11 nitrogen and oxygen atoms in total. The van der Waals surface area contributed by atoms with Gasteiger partial charge in [-0.3, -0.25) is 9.69 Å². The van der Waals surface area contributed by atoms with Crippen molar-refractivity contribution in [3.05, 3.63) is 58.1 Å². The molecule has 0 bridgehead atoms. The summed E-state index contributed by atoms with van der Waals surface area (Å²) in [7, 11) is 0. The van der Waals surface area contributed by atoms with Crippen LogP contribution in [0, 0.1) is 0 Å². The molecule has 46 heavy (non-hydrogen) atoms. The molecule has 0 radical (unpaired) electrons. The number of nitrogens with one attached hydrogen (secondary N) is 2. The molecule has 1 atom stereocenters. The first-order chi connectivity index (χ1) is 21.9. The van der Waals surface area contributed by atoms with E-state index in [0.29, 0.717) is 57.3 Å². The monoisotopic (exact) mass is 697 g/mol. The van der Waals surface area contributed by atoms with Crippen molar-refractivity contribution >= 4 is 45.3 Å². The van der Waals surface area contributed by atoms with Crippen molar-refractivity contribution < 1.29 is 19.1 Å².